The number of aromatic nitrogens is 1. The molecule has 6 nitrogen and oxygen atoms in total. The summed E-state index contributed by atoms with van der Waals surface area (Å²) in [4.78, 5) is 28.4. The molecule has 2 N–H and O–H groups in total. The van der Waals surface area contributed by atoms with Crippen molar-refractivity contribution in [3.05, 3.63) is 58.6 Å². The lowest BCUT2D eigenvalue weighted by Crippen LogP contribution is -2.42. The van der Waals surface area contributed by atoms with E-state index < -0.39 is 12.2 Å². The van der Waals surface area contributed by atoms with Crippen LogP contribution in [0.2, 0.25) is 5.02 Å². The van der Waals surface area contributed by atoms with Gasteiger partial charge in [0, 0.05) is 29.8 Å². The Morgan fingerprint density at radius 1 is 1.16 bits per heavy atom. The average Bonchev–Trinajstić information content (AvgIpc) is 2.79. The topological polar surface area (TPSA) is 80.3 Å². The highest BCUT2D eigenvalue weighted by atomic mass is 35.5. The number of halogens is 4. The van der Waals surface area contributed by atoms with Crippen LogP contribution in [0.3, 0.4) is 0 Å². The molecule has 2 aromatic rings. The summed E-state index contributed by atoms with van der Waals surface area (Å²) >= 11 is 5.61. The molecule has 172 valence electrons. The summed E-state index contributed by atoms with van der Waals surface area (Å²) in [5.74, 6) is -1.05. The first-order chi connectivity index (χ1) is 15.3. The number of hydrogen-bond donors (Lipinski definition) is 2. The zero-order valence-electron chi connectivity index (χ0n) is 17.1. The van der Waals surface area contributed by atoms with Crippen LogP contribution in [0.15, 0.2) is 36.5 Å². The maximum Gasteiger partial charge on any atom is 0.265 e. The van der Waals surface area contributed by atoms with E-state index in [2.05, 4.69) is 15.6 Å². The highest BCUT2D eigenvalue weighted by molar-refractivity contribution is 6.30. The summed E-state index contributed by atoms with van der Waals surface area (Å²) in [5, 5.41) is 5.62. The Balaban J connectivity index is 1.36. The number of ether oxygens (including phenoxy) is 1. The smallest absolute Gasteiger partial charge is 0.265 e. The van der Waals surface area contributed by atoms with Crippen molar-refractivity contribution < 1.29 is 27.5 Å². The first kappa shape index (κ1) is 23.8. The normalized spacial score (nSPS) is 18.3. The van der Waals surface area contributed by atoms with Gasteiger partial charge in [-0.25, -0.2) is 13.2 Å². The Morgan fingerprint density at radius 2 is 1.91 bits per heavy atom. The summed E-state index contributed by atoms with van der Waals surface area (Å²) < 4.78 is 43.8. The number of pyridine rings is 1. The minimum Gasteiger partial charge on any atom is -0.484 e. The van der Waals surface area contributed by atoms with Gasteiger partial charge in [-0.2, -0.15) is 0 Å². The summed E-state index contributed by atoms with van der Waals surface area (Å²) in [6, 6.07) is 6.63. The Hall–Kier alpha value is -2.81. The average molecular weight is 470 g/mol. The molecule has 32 heavy (non-hydrogen) atoms. The van der Waals surface area contributed by atoms with Crippen molar-refractivity contribution in [1.29, 1.82) is 0 Å². The standard InChI is InChI=1S/C22H23ClF3N3O3/c23-18-8-7-17(9-19(18)24)32-12-20(30)29-15-4-1-13(2-5-15)22(31)28-11-16-6-3-14(10-27-16)21(25)26/h3,6-10,13,15,21H,1-2,4-5,11-12H2,(H,28,31)(H,29,30). The van der Waals surface area contributed by atoms with Crippen LogP contribution in [-0.2, 0) is 16.1 Å². The number of alkyl halides is 2. The lowest BCUT2D eigenvalue weighted by atomic mass is 9.85. The molecule has 3 rings (SSSR count). The van der Waals surface area contributed by atoms with Crippen molar-refractivity contribution in [1.82, 2.24) is 15.6 Å². The molecule has 1 aromatic heterocycles. The maximum absolute atomic E-state index is 13.4. The number of rotatable bonds is 8. The van der Waals surface area contributed by atoms with Crippen LogP contribution in [0.25, 0.3) is 0 Å². The van der Waals surface area contributed by atoms with Gasteiger partial charge in [0.25, 0.3) is 12.3 Å². The van der Waals surface area contributed by atoms with Gasteiger partial charge in [-0.15, -0.1) is 0 Å². The number of amides is 2. The van der Waals surface area contributed by atoms with Crippen LogP contribution in [-0.4, -0.2) is 29.4 Å². The second-order valence-corrected chi connectivity index (χ2v) is 7.99. The molecule has 1 heterocycles. The largest absolute Gasteiger partial charge is 0.484 e. The molecule has 0 spiro atoms. The van der Waals surface area contributed by atoms with Crippen molar-refractivity contribution in [3.8, 4) is 5.75 Å². The Morgan fingerprint density at radius 3 is 2.53 bits per heavy atom. The van der Waals surface area contributed by atoms with Gasteiger partial charge in [0.1, 0.15) is 11.6 Å². The minimum absolute atomic E-state index is 0.0245. The molecule has 1 saturated carbocycles. The SMILES string of the molecule is O=C(COc1ccc(Cl)c(F)c1)NC1CCC(C(=O)NCc2ccc(C(F)F)cn2)CC1. The van der Waals surface area contributed by atoms with Crippen molar-refractivity contribution in [2.75, 3.05) is 6.61 Å². The molecule has 0 bridgehead atoms. The molecular formula is C22H23ClF3N3O3. The van der Waals surface area contributed by atoms with Crippen LogP contribution in [0, 0.1) is 11.7 Å². The molecule has 1 aromatic carbocycles. The first-order valence-electron chi connectivity index (χ1n) is 10.2. The molecule has 1 aliphatic rings. The lowest BCUT2D eigenvalue weighted by Gasteiger charge is -2.28. The Kier molecular flexibility index (Phi) is 8.33. The van der Waals surface area contributed by atoms with Gasteiger partial charge in [0.05, 0.1) is 17.3 Å². The van der Waals surface area contributed by atoms with Gasteiger partial charge >= 0.3 is 0 Å². The molecule has 10 heteroatoms. The van der Waals surface area contributed by atoms with Crippen LogP contribution in [0.1, 0.15) is 43.4 Å². The minimum atomic E-state index is -2.58. The first-order valence-corrected chi connectivity index (χ1v) is 10.6. The molecule has 0 saturated heterocycles. The van der Waals surface area contributed by atoms with Crippen molar-refractivity contribution in [3.63, 3.8) is 0 Å². The van der Waals surface area contributed by atoms with E-state index in [1.165, 1.54) is 24.3 Å². The summed E-state index contributed by atoms with van der Waals surface area (Å²) in [5.41, 5.74) is 0.343. The van der Waals surface area contributed by atoms with Crippen molar-refractivity contribution in [2.45, 2.75) is 44.7 Å². The second kappa shape index (κ2) is 11.2. The van der Waals surface area contributed by atoms with Crippen molar-refractivity contribution >= 4 is 23.4 Å². The molecule has 1 aliphatic carbocycles. The van der Waals surface area contributed by atoms with E-state index in [-0.39, 0.29) is 53.3 Å². The number of nitrogens with zero attached hydrogens (tertiary/aromatic N) is 1. The van der Waals surface area contributed by atoms with Crippen LogP contribution >= 0.6 is 11.6 Å². The van der Waals surface area contributed by atoms with Gasteiger partial charge < -0.3 is 15.4 Å². The highest BCUT2D eigenvalue weighted by Gasteiger charge is 2.27. The third kappa shape index (κ3) is 6.85. The lowest BCUT2D eigenvalue weighted by molar-refractivity contribution is -0.126. The molecule has 0 atom stereocenters. The van der Waals surface area contributed by atoms with Crippen LogP contribution in [0.5, 0.6) is 5.75 Å². The zero-order valence-corrected chi connectivity index (χ0v) is 17.9. The third-order valence-corrected chi connectivity index (χ3v) is 5.57. The number of hydrogen-bond acceptors (Lipinski definition) is 4. The molecule has 0 aliphatic heterocycles. The molecule has 2 amide bonds. The van der Waals surface area contributed by atoms with E-state index in [1.807, 2.05) is 0 Å². The fourth-order valence-corrected chi connectivity index (χ4v) is 3.59. The van der Waals surface area contributed by atoms with Crippen LogP contribution < -0.4 is 15.4 Å². The van der Waals surface area contributed by atoms with Crippen LogP contribution in [0.4, 0.5) is 13.2 Å². The highest BCUT2D eigenvalue weighted by Crippen LogP contribution is 2.25. The Bertz CT molecular complexity index is 936. The van der Waals surface area contributed by atoms with E-state index in [9.17, 15) is 22.8 Å². The molecule has 1 fully saturated rings. The number of nitrogens with one attached hydrogen (secondary N) is 2. The van der Waals surface area contributed by atoms with Gasteiger partial charge in [0.2, 0.25) is 5.91 Å². The fourth-order valence-electron chi connectivity index (χ4n) is 3.48. The van der Waals surface area contributed by atoms with E-state index in [1.54, 1.807) is 0 Å². The predicted molar refractivity (Wildman–Crippen MR) is 112 cm³/mol. The van der Waals surface area contributed by atoms with Gasteiger partial charge in [-0.05, 0) is 49.9 Å². The maximum atomic E-state index is 13.4. The fraction of sp³-hybridized carbons (Fsp3) is 0.409. The number of carbonyl (C=O) groups excluding carboxylic acids is 2. The summed E-state index contributed by atoms with van der Waals surface area (Å²) in [6.07, 6.45) is 1.03. The molecule has 0 radical (unpaired) electrons. The van der Waals surface area contributed by atoms with Gasteiger partial charge in [-0.3, -0.25) is 14.6 Å². The third-order valence-electron chi connectivity index (χ3n) is 5.27. The Labute approximate surface area is 188 Å². The number of benzene rings is 1. The predicted octanol–water partition coefficient (Wildman–Crippen LogP) is 4.18. The second-order valence-electron chi connectivity index (χ2n) is 7.58. The molecule has 0 unspecified atom stereocenters. The van der Waals surface area contributed by atoms with E-state index >= 15 is 0 Å². The van der Waals surface area contributed by atoms with Gasteiger partial charge in [0.15, 0.2) is 6.61 Å². The van der Waals surface area contributed by atoms with E-state index in [4.69, 9.17) is 16.3 Å². The quantitative estimate of drug-likeness (QED) is 0.607. The summed E-state index contributed by atoms with van der Waals surface area (Å²) in [7, 11) is 0. The van der Waals surface area contributed by atoms with Crippen molar-refractivity contribution in [2.24, 2.45) is 5.92 Å². The van der Waals surface area contributed by atoms with Gasteiger partial charge in [-0.1, -0.05) is 11.6 Å². The zero-order chi connectivity index (χ0) is 23.1. The summed E-state index contributed by atoms with van der Waals surface area (Å²) in [6.45, 7) is -0.0829. The molecular weight excluding hydrogens is 447 g/mol. The van der Waals surface area contributed by atoms with E-state index in [0.717, 1.165) is 12.3 Å². The number of carbonyl (C=O) groups is 2. The monoisotopic (exact) mass is 469 g/mol. The van der Waals surface area contributed by atoms with E-state index in [0.29, 0.717) is 31.4 Å².